The van der Waals surface area contributed by atoms with Crippen LogP contribution in [0.5, 0.6) is 0 Å². The highest BCUT2D eigenvalue weighted by molar-refractivity contribution is 7.10. The third kappa shape index (κ3) is 4.70. The molecule has 0 unspecified atom stereocenters. The first-order valence-electron chi connectivity index (χ1n) is 6.54. The van der Waals surface area contributed by atoms with Crippen LogP contribution in [0.15, 0.2) is 11.4 Å². The monoisotopic (exact) mass is 278 g/mol. The van der Waals surface area contributed by atoms with Crippen LogP contribution >= 0.6 is 11.3 Å². The molecule has 0 radical (unpaired) electrons. The van der Waals surface area contributed by atoms with E-state index in [1.807, 2.05) is 30.2 Å². The highest BCUT2D eigenvalue weighted by Gasteiger charge is 2.20. The largest absolute Gasteiger partial charge is 0.336 e. The topological polar surface area (TPSA) is 46.3 Å². The van der Waals surface area contributed by atoms with Crippen LogP contribution in [-0.2, 0) is 0 Å². The van der Waals surface area contributed by atoms with Gasteiger partial charge in [0.05, 0.1) is 17.0 Å². The van der Waals surface area contributed by atoms with E-state index < -0.39 is 0 Å². The summed E-state index contributed by atoms with van der Waals surface area (Å²) in [7, 11) is 0. The normalized spacial score (nSPS) is 10.5. The van der Waals surface area contributed by atoms with Crippen molar-refractivity contribution >= 4 is 17.2 Å². The summed E-state index contributed by atoms with van der Waals surface area (Å²) in [6.07, 6.45) is 0. The van der Waals surface area contributed by atoms with Crippen molar-refractivity contribution in [1.82, 2.24) is 4.90 Å². The van der Waals surface area contributed by atoms with E-state index in [9.17, 15) is 4.79 Å². The van der Waals surface area contributed by atoms with Crippen molar-refractivity contribution < 1.29 is 4.79 Å². The molecule has 0 aliphatic carbocycles. The van der Waals surface area contributed by atoms with Crippen LogP contribution in [0, 0.1) is 17.8 Å². The van der Waals surface area contributed by atoms with Crippen LogP contribution < -0.4 is 5.73 Å². The summed E-state index contributed by atoms with van der Waals surface area (Å²) in [5.41, 5.74) is 6.06. The van der Waals surface area contributed by atoms with Crippen LogP contribution in [0.2, 0.25) is 0 Å². The average molecular weight is 278 g/mol. The van der Waals surface area contributed by atoms with E-state index in [1.165, 1.54) is 11.3 Å². The lowest BCUT2D eigenvalue weighted by molar-refractivity contribution is 0.0682. The summed E-state index contributed by atoms with van der Waals surface area (Å²) in [6.45, 7) is 9.44. The number of rotatable bonds is 4. The Hall–Kier alpha value is -1.31. The van der Waals surface area contributed by atoms with Gasteiger partial charge in [0.25, 0.3) is 5.91 Å². The fourth-order valence-electron chi connectivity index (χ4n) is 1.74. The molecule has 0 aliphatic rings. The van der Waals surface area contributed by atoms with Crippen molar-refractivity contribution in [3.63, 3.8) is 0 Å². The van der Waals surface area contributed by atoms with Crippen molar-refractivity contribution in [2.24, 2.45) is 11.7 Å². The number of carbonyl (C=O) groups is 1. The maximum Gasteiger partial charge on any atom is 0.254 e. The second-order valence-corrected chi connectivity index (χ2v) is 6.06. The predicted molar refractivity (Wildman–Crippen MR) is 81.3 cm³/mol. The number of thiophene rings is 1. The van der Waals surface area contributed by atoms with Crippen LogP contribution in [0.4, 0.5) is 0 Å². The minimum atomic E-state index is 0.0840. The van der Waals surface area contributed by atoms with Gasteiger partial charge in [0.1, 0.15) is 0 Å². The van der Waals surface area contributed by atoms with Crippen molar-refractivity contribution in [3.8, 4) is 11.8 Å². The van der Waals surface area contributed by atoms with Gasteiger partial charge in [0.15, 0.2) is 0 Å². The van der Waals surface area contributed by atoms with Crippen LogP contribution in [0.3, 0.4) is 0 Å². The third-order valence-electron chi connectivity index (χ3n) is 2.61. The van der Waals surface area contributed by atoms with Gasteiger partial charge >= 0.3 is 0 Å². The van der Waals surface area contributed by atoms with Gasteiger partial charge in [-0.1, -0.05) is 25.7 Å². The molecule has 0 aliphatic heterocycles. The molecule has 4 heteroatoms. The summed E-state index contributed by atoms with van der Waals surface area (Å²) >= 11 is 1.49. The van der Waals surface area contributed by atoms with Crippen LogP contribution in [-0.4, -0.2) is 29.9 Å². The molecule has 0 aromatic carbocycles. The lowest BCUT2D eigenvalue weighted by Gasteiger charge is -2.28. The van der Waals surface area contributed by atoms with Gasteiger partial charge in [-0.15, -0.1) is 11.3 Å². The molecule has 2 N–H and O–H groups in total. The SMILES string of the molecule is CC(C)CN(C(=O)c1csc(C#CCN)c1)C(C)C. The van der Waals surface area contributed by atoms with Gasteiger partial charge < -0.3 is 10.6 Å². The first-order chi connectivity index (χ1) is 8.95. The number of hydrogen-bond donors (Lipinski definition) is 1. The Morgan fingerprint density at radius 1 is 1.42 bits per heavy atom. The summed E-state index contributed by atoms with van der Waals surface area (Å²) < 4.78 is 0. The second-order valence-electron chi connectivity index (χ2n) is 5.15. The third-order valence-corrected chi connectivity index (χ3v) is 3.45. The second kappa shape index (κ2) is 7.32. The van der Waals surface area contributed by atoms with E-state index in [0.29, 0.717) is 12.5 Å². The molecule has 0 saturated carbocycles. The molecule has 0 atom stereocenters. The minimum Gasteiger partial charge on any atom is -0.336 e. The Kier molecular flexibility index (Phi) is 6.07. The Morgan fingerprint density at radius 2 is 2.11 bits per heavy atom. The molecular weight excluding hydrogens is 256 g/mol. The van der Waals surface area contributed by atoms with Crippen molar-refractivity contribution in [3.05, 3.63) is 21.9 Å². The highest BCUT2D eigenvalue weighted by atomic mass is 32.1. The Morgan fingerprint density at radius 3 is 2.63 bits per heavy atom. The molecule has 1 heterocycles. The first kappa shape index (κ1) is 15.7. The van der Waals surface area contributed by atoms with E-state index in [-0.39, 0.29) is 11.9 Å². The Balaban J connectivity index is 2.87. The fraction of sp³-hybridized carbons (Fsp3) is 0.533. The molecule has 1 aromatic rings. The van der Waals surface area contributed by atoms with Crippen molar-refractivity contribution in [2.75, 3.05) is 13.1 Å². The van der Waals surface area contributed by atoms with E-state index in [4.69, 9.17) is 5.73 Å². The molecule has 3 nitrogen and oxygen atoms in total. The molecule has 104 valence electrons. The van der Waals surface area contributed by atoms with Crippen molar-refractivity contribution in [2.45, 2.75) is 33.7 Å². The summed E-state index contributed by atoms with van der Waals surface area (Å²) in [4.78, 5) is 15.3. The predicted octanol–water partition coefficient (Wildman–Crippen LogP) is 2.56. The summed E-state index contributed by atoms with van der Waals surface area (Å²) in [5, 5.41) is 1.87. The Bertz CT molecular complexity index is 480. The number of nitrogens with zero attached hydrogens (tertiary/aromatic N) is 1. The van der Waals surface area contributed by atoms with Gasteiger partial charge in [-0.2, -0.15) is 0 Å². The standard InChI is InChI=1S/C15H22N2OS/c1-11(2)9-17(12(3)4)15(18)13-8-14(19-10-13)6-5-7-16/h8,10-12H,7,9,16H2,1-4H3. The van der Waals surface area contributed by atoms with E-state index in [0.717, 1.165) is 17.0 Å². The van der Waals surface area contributed by atoms with Gasteiger partial charge in [0.2, 0.25) is 0 Å². The van der Waals surface area contributed by atoms with E-state index in [1.54, 1.807) is 0 Å². The molecular formula is C15H22N2OS. The van der Waals surface area contributed by atoms with Gasteiger partial charge in [-0.05, 0) is 25.8 Å². The fourth-order valence-corrected chi connectivity index (χ4v) is 2.49. The first-order valence-corrected chi connectivity index (χ1v) is 7.42. The molecule has 0 saturated heterocycles. The lowest BCUT2D eigenvalue weighted by Crippen LogP contribution is -2.39. The maximum absolute atomic E-state index is 12.5. The van der Waals surface area contributed by atoms with Crippen molar-refractivity contribution in [1.29, 1.82) is 0 Å². The average Bonchev–Trinajstić information content (AvgIpc) is 2.80. The minimum absolute atomic E-state index is 0.0840. The quantitative estimate of drug-likeness (QED) is 0.860. The lowest BCUT2D eigenvalue weighted by atomic mass is 10.1. The smallest absolute Gasteiger partial charge is 0.254 e. The zero-order valence-electron chi connectivity index (χ0n) is 12.1. The highest BCUT2D eigenvalue weighted by Crippen LogP contribution is 2.17. The summed E-state index contributed by atoms with van der Waals surface area (Å²) in [6, 6.07) is 2.05. The number of nitrogens with two attached hydrogens (primary N) is 1. The molecule has 19 heavy (non-hydrogen) atoms. The maximum atomic E-state index is 12.5. The summed E-state index contributed by atoms with van der Waals surface area (Å²) in [5.74, 6) is 6.31. The Labute approximate surface area is 119 Å². The zero-order chi connectivity index (χ0) is 14.4. The molecule has 0 spiro atoms. The van der Waals surface area contributed by atoms with Crippen LogP contribution in [0.25, 0.3) is 0 Å². The van der Waals surface area contributed by atoms with E-state index >= 15 is 0 Å². The van der Waals surface area contributed by atoms with Crippen LogP contribution in [0.1, 0.15) is 42.9 Å². The molecule has 1 amide bonds. The van der Waals surface area contributed by atoms with E-state index in [2.05, 4.69) is 25.7 Å². The number of carbonyl (C=O) groups excluding carboxylic acids is 1. The zero-order valence-corrected chi connectivity index (χ0v) is 12.9. The van der Waals surface area contributed by atoms with Gasteiger partial charge in [0, 0.05) is 18.0 Å². The van der Waals surface area contributed by atoms with Gasteiger partial charge in [-0.3, -0.25) is 4.79 Å². The number of hydrogen-bond acceptors (Lipinski definition) is 3. The molecule has 1 aromatic heterocycles. The molecule has 0 fully saturated rings. The number of amides is 1. The molecule has 1 rings (SSSR count). The van der Waals surface area contributed by atoms with Gasteiger partial charge in [-0.25, -0.2) is 0 Å². The molecule has 0 bridgehead atoms.